The van der Waals surface area contributed by atoms with Gasteiger partial charge in [-0.1, -0.05) is 0 Å². The summed E-state index contributed by atoms with van der Waals surface area (Å²) in [6.45, 7) is 0.279. The number of halogens is 1. The number of rotatable bonds is 3. The van der Waals surface area contributed by atoms with Crippen molar-refractivity contribution in [2.24, 2.45) is 0 Å². The molecule has 1 aromatic heterocycles. The van der Waals surface area contributed by atoms with Crippen molar-refractivity contribution in [3.8, 4) is 0 Å². The molecule has 2 aromatic rings. The number of hydrogen-bond acceptors (Lipinski definition) is 4. The first-order valence-electron chi connectivity index (χ1n) is 6.67. The fourth-order valence-corrected chi connectivity index (χ4v) is 3.95. The SMILES string of the molecule is O=C(c1ccncc1)N1CC(S(=O)(=O)c2ccc(F)cc2)C1. The smallest absolute Gasteiger partial charge is 0.254 e. The van der Waals surface area contributed by atoms with Crippen LogP contribution >= 0.6 is 0 Å². The molecule has 22 heavy (non-hydrogen) atoms. The Morgan fingerprint density at radius 3 is 2.27 bits per heavy atom. The molecule has 0 spiro atoms. The van der Waals surface area contributed by atoms with Crippen LogP contribution < -0.4 is 0 Å². The minimum atomic E-state index is -3.54. The normalized spacial score (nSPS) is 15.4. The molecule has 5 nitrogen and oxygen atoms in total. The summed E-state index contributed by atoms with van der Waals surface area (Å²) < 4.78 is 37.6. The topological polar surface area (TPSA) is 67.3 Å². The van der Waals surface area contributed by atoms with Gasteiger partial charge in [0.25, 0.3) is 5.91 Å². The van der Waals surface area contributed by atoms with Gasteiger partial charge in [-0.2, -0.15) is 0 Å². The van der Waals surface area contributed by atoms with Gasteiger partial charge in [0, 0.05) is 31.0 Å². The fourth-order valence-electron chi connectivity index (χ4n) is 2.29. The Balaban J connectivity index is 1.70. The molecule has 1 fully saturated rings. The highest BCUT2D eigenvalue weighted by Gasteiger charge is 2.40. The maximum absolute atomic E-state index is 12.9. The molecular formula is C15H13FN2O3S. The summed E-state index contributed by atoms with van der Waals surface area (Å²) in [6, 6.07) is 7.90. The number of benzene rings is 1. The fraction of sp³-hybridized carbons (Fsp3) is 0.200. The van der Waals surface area contributed by atoms with E-state index in [1.54, 1.807) is 12.1 Å². The molecule has 1 amide bonds. The second kappa shape index (κ2) is 5.49. The molecule has 0 atom stereocenters. The van der Waals surface area contributed by atoms with Crippen LogP contribution in [0, 0.1) is 5.82 Å². The maximum Gasteiger partial charge on any atom is 0.254 e. The van der Waals surface area contributed by atoms with Crippen molar-refractivity contribution in [2.75, 3.05) is 13.1 Å². The summed E-state index contributed by atoms with van der Waals surface area (Å²) in [6.07, 6.45) is 3.03. The largest absolute Gasteiger partial charge is 0.336 e. The lowest BCUT2D eigenvalue weighted by Crippen LogP contribution is -2.56. The first-order valence-corrected chi connectivity index (χ1v) is 8.22. The van der Waals surface area contributed by atoms with Crippen LogP contribution in [0.2, 0.25) is 0 Å². The van der Waals surface area contributed by atoms with Crippen LogP contribution in [0.15, 0.2) is 53.7 Å². The zero-order valence-corrected chi connectivity index (χ0v) is 12.3. The lowest BCUT2D eigenvalue weighted by molar-refractivity contribution is 0.0658. The summed E-state index contributed by atoms with van der Waals surface area (Å²) in [7, 11) is -3.54. The van der Waals surface area contributed by atoms with Crippen molar-refractivity contribution in [1.29, 1.82) is 0 Å². The number of nitrogens with zero attached hydrogens (tertiary/aromatic N) is 2. The number of pyridine rings is 1. The van der Waals surface area contributed by atoms with Crippen LogP contribution in [0.5, 0.6) is 0 Å². The molecule has 1 saturated heterocycles. The third-order valence-electron chi connectivity index (χ3n) is 3.64. The van der Waals surface area contributed by atoms with Gasteiger partial charge < -0.3 is 4.90 Å². The van der Waals surface area contributed by atoms with E-state index in [-0.39, 0.29) is 23.9 Å². The molecule has 1 aliphatic rings. The highest BCUT2D eigenvalue weighted by atomic mass is 32.2. The molecule has 7 heteroatoms. The molecule has 2 heterocycles. The molecule has 0 unspecified atom stereocenters. The Hall–Kier alpha value is -2.28. The Bertz CT molecular complexity index is 785. The molecule has 0 N–H and O–H groups in total. The zero-order valence-electron chi connectivity index (χ0n) is 11.5. The van der Waals surface area contributed by atoms with Gasteiger partial charge in [-0.25, -0.2) is 12.8 Å². The van der Waals surface area contributed by atoms with Crippen LogP contribution in [0.25, 0.3) is 0 Å². The average molecular weight is 320 g/mol. The Morgan fingerprint density at radius 2 is 1.68 bits per heavy atom. The minimum absolute atomic E-state index is 0.0786. The molecule has 114 valence electrons. The number of carbonyl (C=O) groups excluding carboxylic acids is 1. The standard InChI is InChI=1S/C15H13FN2O3S/c16-12-1-3-13(4-2-12)22(20,21)14-9-18(10-14)15(19)11-5-7-17-8-6-11/h1-8,14H,9-10H2. The number of amides is 1. The first-order chi connectivity index (χ1) is 10.5. The van der Waals surface area contributed by atoms with E-state index < -0.39 is 20.9 Å². The van der Waals surface area contributed by atoms with Gasteiger partial charge in [-0.15, -0.1) is 0 Å². The van der Waals surface area contributed by atoms with Gasteiger partial charge in [-0.3, -0.25) is 9.78 Å². The molecule has 1 aliphatic heterocycles. The van der Waals surface area contributed by atoms with Crippen LogP contribution in [0.4, 0.5) is 4.39 Å². The van der Waals surface area contributed by atoms with Gasteiger partial charge in [-0.05, 0) is 36.4 Å². The Kier molecular flexibility index (Phi) is 3.66. The summed E-state index contributed by atoms with van der Waals surface area (Å²) in [4.78, 5) is 17.5. The summed E-state index contributed by atoms with van der Waals surface area (Å²) in [5.74, 6) is -0.699. The van der Waals surface area contributed by atoms with Gasteiger partial charge in [0.1, 0.15) is 11.1 Å². The Morgan fingerprint density at radius 1 is 1.09 bits per heavy atom. The van der Waals surface area contributed by atoms with Crippen LogP contribution in [0.3, 0.4) is 0 Å². The predicted octanol–water partition coefficient (Wildman–Crippen LogP) is 1.52. The molecule has 0 saturated carbocycles. The van der Waals surface area contributed by atoms with Crippen LogP contribution in [0.1, 0.15) is 10.4 Å². The minimum Gasteiger partial charge on any atom is -0.336 e. The molecule has 1 aromatic carbocycles. The number of hydrogen-bond donors (Lipinski definition) is 0. The van der Waals surface area contributed by atoms with E-state index >= 15 is 0 Å². The third-order valence-corrected chi connectivity index (χ3v) is 5.75. The quantitative estimate of drug-likeness (QED) is 0.804. The predicted molar refractivity (Wildman–Crippen MR) is 77.5 cm³/mol. The van der Waals surface area contributed by atoms with Crippen molar-refractivity contribution in [1.82, 2.24) is 9.88 Å². The van der Waals surface area contributed by atoms with Gasteiger partial charge in [0.05, 0.1) is 4.90 Å². The lowest BCUT2D eigenvalue weighted by atomic mass is 10.1. The van der Waals surface area contributed by atoms with Gasteiger partial charge >= 0.3 is 0 Å². The van der Waals surface area contributed by atoms with E-state index in [9.17, 15) is 17.6 Å². The molecule has 3 rings (SSSR count). The lowest BCUT2D eigenvalue weighted by Gasteiger charge is -2.38. The number of carbonyl (C=O) groups is 1. The van der Waals surface area contributed by atoms with Crippen molar-refractivity contribution in [2.45, 2.75) is 10.1 Å². The molecule has 0 bridgehead atoms. The van der Waals surface area contributed by atoms with Crippen molar-refractivity contribution < 1.29 is 17.6 Å². The van der Waals surface area contributed by atoms with Gasteiger partial charge in [0.15, 0.2) is 9.84 Å². The molecule has 0 radical (unpaired) electrons. The van der Waals surface area contributed by atoms with E-state index in [2.05, 4.69) is 4.98 Å². The van der Waals surface area contributed by atoms with Crippen LogP contribution in [-0.2, 0) is 9.84 Å². The highest BCUT2D eigenvalue weighted by molar-refractivity contribution is 7.92. The number of likely N-dealkylation sites (tertiary alicyclic amines) is 1. The molecular weight excluding hydrogens is 307 g/mol. The average Bonchev–Trinajstić information content (AvgIpc) is 2.46. The summed E-state index contributed by atoms with van der Waals surface area (Å²) in [5, 5.41) is -0.649. The Labute approximate surface area is 127 Å². The van der Waals surface area contributed by atoms with E-state index in [0.29, 0.717) is 5.56 Å². The van der Waals surface area contributed by atoms with E-state index in [0.717, 1.165) is 12.1 Å². The second-order valence-electron chi connectivity index (χ2n) is 5.07. The summed E-state index contributed by atoms with van der Waals surface area (Å²) in [5.41, 5.74) is 0.479. The van der Waals surface area contributed by atoms with E-state index in [4.69, 9.17) is 0 Å². The zero-order chi connectivity index (χ0) is 15.7. The summed E-state index contributed by atoms with van der Waals surface area (Å²) >= 11 is 0. The maximum atomic E-state index is 12.9. The van der Waals surface area contributed by atoms with Crippen molar-refractivity contribution in [3.63, 3.8) is 0 Å². The van der Waals surface area contributed by atoms with Crippen molar-refractivity contribution in [3.05, 3.63) is 60.2 Å². The van der Waals surface area contributed by atoms with Gasteiger partial charge in [0.2, 0.25) is 0 Å². The van der Waals surface area contributed by atoms with E-state index in [1.807, 2.05) is 0 Å². The molecule has 0 aliphatic carbocycles. The number of sulfone groups is 1. The number of aromatic nitrogens is 1. The van der Waals surface area contributed by atoms with E-state index in [1.165, 1.54) is 29.4 Å². The first kappa shape index (κ1) is 14.6. The van der Waals surface area contributed by atoms with Crippen molar-refractivity contribution >= 4 is 15.7 Å². The third kappa shape index (κ3) is 2.59. The monoisotopic (exact) mass is 320 g/mol. The second-order valence-corrected chi connectivity index (χ2v) is 7.30. The highest BCUT2D eigenvalue weighted by Crippen LogP contribution is 2.25. The van der Waals surface area contributed by atoms with Crippen LogP contribution in [-0.4, -0.2) is 42.5 Å².